The van der Waals surface area contributed by atoms with Crippen molar-refractivity contribution < 1.29 is 19.1 Å². The van der Waals surface area contributed by atoms with Gasteiger partial charge in [-0.15, -0.1) is 0 Å². The number of carbonyl (C=O) groups is 2. The zero-order valence-electron chi connectivity index (χ0n) is 22.0. The van der Waals surface area contributed by atoms with Gasteiger partial charge in [0.15, 0.2) is 0 Å². The van der Waals surface area contributed by atoms with Gasteiger partial charge < -0.3 is 14.4 Å². The molecule has 0 aliphatic heterocycles. The summed E-state index contributed by atoms with van der Waals surface area (Å²) in [6.45, 7) is 18.1. The summed E-state index contributed by atoms with van der Waals surface area (Å²) in [5.41, 5.74) is 6.47. The van der Waals surface area contributed by atoms with Crippen LogP contribution < -0.4 is 9.64 Å². The first-order valence-corrected chi connectivity index (χ1v) is 11.9. The van der Waals surface area contributed by atoms with Crippen LogP contribution in [-0.4, -0.2) is 19.0 Å². The largest absolute Gasteiger partial charge is 0.424 e. The van der Waals surface area contributed by atoms with Crippen LogP contribution in [0.25, 0.3) is 16.7 Å². The molecule has 38 heavy (non-hydrogen) atoms. The Morgan fingerprint density at radius 1 is 0.684 bits per heavy atom. The summed E-state index contributed by atoms with van der Waals surface area (Å²) in [4.78, 5) is 25.4. The molecule has 0 saturated carbocycles. The molecule has 0 radical (unpaired) electrons. The van der Waals surface area contributed by atoms with Gasteiger partial charge in [-0.05, 0) is 78.6 Å². The molecular weight excluding hydrogens is 474 g/mol. The van der Waals surface area contributed by atoms with Crippen molar-refractivity contribution in [2.45, 2.75) is 13.8 Å². The molecule has 0 spiro atoms. The Morgan fingerprint density at radius 2 is 1.16 bits per heavy atom. The highest BCUT2D eigenvalue weighted by Crippen LogP contribution is 2.29. The zero-order valence-corrected chi connectivity index (χ0v) is 22.0. The highest BCUT2D eigenvalue weighted by molar-refractivity contribution is 5.89. The van der Waals surface area contributed by atoms with Crippen LogP contribution in [0, 0.1) is 0 Å². The first-order chi connectivity index (χ1) is 18.0. The number of anilines is 2. The minimum atomic E-state index is -0.509. The van der Waals surface area contributed by atoms with Gasteiger partial charge in [-0.25, -0.2) is 9.59 Å². The number of allylic oxidation sites excluding steroid dienone is 3. The van der Waals surface area contributed by atoms with Gasteiger partial charge in [0.05, 0.1) is 0 Å². The van der Waals surface area contributed by atoms with Gasteiger partial charge in [0, 0.05) is 29.6 Å². The van der Waals surface area contributed by atoms with E-state index in [0.717, 1.165) is 33.6 Å². The van der Waals surface area contributed by atoms with E-state index in [2.05, 4.69) is 55.5 Å². The summed E-state index contributed by atoms with van der Waals surface area (Å²) in [5.74, 6) is -0.242. The predicted octanol–water partition coefficient (Wildman–Crippen LogP) is 7.81. The highest BCUT2D eigenvalue weighted by atomic mass is 16.5. The van der Waals surface area contributed by atoms with Gasteiger partial charge in [0.25, 0.3) is 0 Å². The number of carbonyl (C=O) groups excluding carboxylic acids is 2. The third-order valence-corrected chi connectivity index (χ3v) is 5.67. The third kappa shape index (κ3) is 7.31. The van der Waals surface area contributed by atoms with E-state index in [1.54, 1.807) is 38.1 Å². The molecule has 5 heteroatoms. The highest BCUT2D eigenvalue weighted by Gasteiger charge is 2.08. The van der Waals surface area contributed by atoms with Crippen molar-refractivity contribution in [1.29, 1.82) is 0 Å². The van der Waals surface area contributed by atoms with Gasteiger partial charge in [-0.1, -0.05) is 68.8 Å². The minimum Gasteiger partial charge on any atom is -0.424 e. The predicted molar refractivity (Wildman–Crippen MR) is 155 cm³/mol. The fraction of sp³-hybridized carbons (Fsp3) is 0.0909. The van der Waals surface area contributed by atoms with E-state index < -0.39 is 11.9 Å². The number of hydrogen-bond donors (Lipinski definition) is 0. The number of nitrogens with zero attached hydrogens (tertiary/aromatic N) is 1. The molecule has 3 rings (SSSR count). The van der Waals surface area contributed by atoms with Crippen LogP contribution in [-0.2, 0) is 14.3 Å². The molecule has 0 saturated heterocycles. The first-order valence-electron chi connectivity index (χ1n) is 11.9. The molecule has 0 amide bonds. The Bertz CT molecular complexity index is 1410. The molecule has 0 bridgehead atoms. The fourth-order valence-electron chi connectivity index (χ4n) is 3.37. The molecule has 192 valence electrons. The fourth-order valence-corrected chi connectivity index (χ4v) is 3.37. The molecule has 0 aliphatic rings. The van der Waals surface area contributed by atoms with Crippen LogP contribution in [0.4, 0.5) is 11.4 Å². The Balaban J connectivity index is 1.63. The molecule has 0 aliphatic carbocycles. The lowest BCUT2D eigenvalue weighted by Gasteiger charge is -2.20. The van der Waals surface area contributed by atoms with Crippen LogP contribution in [0.15, 0.2) is 128 Å². The number of ether oxygens (including phenoxy) is 2. The zero-order chi connectivity index (χ0) is 27.8. The Morgan fingerprint density at radius 3 is 1.66 bits per heavy atom. The number of rotatable bonds is 10. The molecule has 0 unspecified atom stereocenters. The molecular formula is C33H31NO4. The molecule has 5 nitrogen and oxygen atoms in total. The van der Waals surface area contributed by atoms with Crippen LogP contribution in [0.2, 0.25) is 0 Å². The van der Waals surface area contributed by atoms with Crippen LogP contribution in [0.3, 0.4) is 0 Å². The van der Waals surface area contributed by atoms with Crippen LogP contribution in [0.5, 0.6) is 5.75 Å². The average Bonchev–Trinajstić information content (AvgIpc) is 2.91. The molecule has 0 fully saturated rings. The van der Waals surface area contributed by atoms with E-state index in [9.17, 15) is 9.59 Å². The van der Waals surface area contributed by atoms with Crippen molar-refractivity contribution in [1.82, 2.24) is 0 Å². The van der Waals surface area contributed by atoms with Crippen LogP contribution >= 0.6 is 0 Å². The van der Waals surface area contributed by atoms with Gasteiger partial charge in [0.2, 0.25) is 0 Å². The van der Waals surface area contributed by atoms with Crippen molar-refractivity contribution >= 4 is 28.9 Å². The molecule has 3 aromatic rings. The van der Waals surface area contributed by atoms with Gasteiger partial charge in [-0.3, -0.25) is 0 Å². The van der Waals surface area contributed by atoms with Crippen molar-refractivity contribution in [2.24, 2.45) is 0 Å². The average molecular weight is 506 g/mol. The third-order valence-electron chi connectivity index (χ3n) is 5.67. The van der Waals surface area contributed by atoms with Crippen molar-refractivity contribution in [3.05, 3.63) is 134 Å². The molecule has 0 N–H and O–H groups in total. The molecule has 0 atom stereocenters. The lowest BCUT2D eigenvalue weighted by molar-refractivity contribution is -0.134. The quantitative estimate of drug-likeness (QED) is 0.0925. The smallest absolute Gasteiger partial charge is 0.338 e. The lowest BCUT2D eigenvalue weighted by Crippen LogP contribution is -2.09. The number of benzene rings is 3. The normalized spacial score (nSPS) is 10.5. The van der Waals surface area contributed by atoms with Gasteiger partial charge in [-0.2, -0.15) is 0 Å². The molecule has 0 aromatic heterocycles. The monoisotopic (exact) mass is 505 g/mol. The summed E-state index contributed by atoms with van der Waals surface area (Å²) >= 11 is 0. The summed E-state index contributed by atoms with van der Waals surface area (Å²) in [6.07, 6.45) is 3.36. The molecule has 3 aromatic carbocycles. The minimum absolute atomic E-state index is 0.223. The molecule has 0 heterocycles. The maximum Gasteiger partial charge on any atom is 0.338 e. The second-order valence-corrected chi connectivity index (χ2v) is 8.84. The van der Waals surface area contributed by atoms with Gasteiger partial charge >= 0.3 is 11.9 Å². The lowest BCUT2D eigenvalue weighted by atomic mass is 10.0. The van der Waals surface area contributed by atoms with Crippen molar-refractivity contribution in [3.63, 3.8) is 0 Å². The van der Waals surface area contributed by atoms with E-state index in [1.807, 2.05) is 43.4 Å². The van der Waals surface area contributed by atoms with E-state index in [-0.39, 0.29) is 5.76 Å². The Kier molecular flexibility index (Phi) is 9.01. The summed E-state index contributed by atoms with van der Waals surface area (Å²) in [5, 5.41) is 0. The number of hydrogen-bond acceptors (Lipinski definition) is 5. The summed E-state index contributed by atoms with van der Waals surface area (Å²) in [6, 6.07) is 23.6. The Hall–Kier alpha value is -4.90. The first kappa shape index (κ1) is 27.7. The van der Waals surface area contributed by atoms with Gasteiger partial charge in [0.1, 0.15) is 11.5 Å². The van der Waals surface area contributed by atoms with E-state index in [1.165, 1.54) is 0 Å². The van der Waals surface area contributed by atoms with E-state index in [0.29, 0.717) is 16.9 Å². The maximum atomic E-state index is 11.7. The van der Waals surface area contributed by atoms with Crippen molar-refractivity contribution in [2.75, 3.05) is 11.9 Å². The summed E-state index contributed by atoms with van der Waals surface area (Å²) in [7, 11) is 2.00. The van der Waals surface area contributed by atoms with Crippen molar-refractivity contribution in [3.8, 4) is 16.9 Å². The Labute approximate surface area is 224 Å². The second-order valence-electron chi connectivity index (χ2n) is 8.84. The summed E-state index contributed by atoms with van der Waals surface area (Å²) < 4.78 is 10.3. The number of esters is 2. The van der Waals surface area contributed by atoms with E-state index in [4.69, 9.17) is 9.47 Å². The second kappa shape index (κ2) is 12.4. The maximum absolute atomic E-state index is 11.7. The SMILES string of the molecule is C=C(/C=C\C(=C)c1ccc(N(C)c2ccc(-c3ccc(OC(=O)C(=C)C)cc3)cc2)cc1)OC(=O)C(=C)C. The topological polar surface area (TPSA) is 55.8 Å². The van der Waals surface area contributed by atoms with Crippen LogP contribution in [0.1, 0.15) is 19.4 Å². The van der Waals surface area contributed by atoms with E-state index >= 15 is 0 Å². The standard InChI is InChI=1S/C33H31NO4/c1-22(2)32(35)37-25(6)9-8-24(5)26-10-16-29(17-11-26)34(7)30-18-12-27(13-19-30)28-14-20-31(21-15-28)38-33(36)23(3)4/h8-21H,1,3,5-6H2,2,4,7H3/b9-8-.